The second-order valence-corrected chi connectivity index (χ2v) is 12.6. The third kappa shape index (κ3) is 5.72. The second-order valence-electron chi connectivity index (χ2n) is 8.18. The van der Waals surface area contributed by atoms with Crippen molar-refractivity contribution in [2.24, 2.45) is 17.3 Å². The first-order valence-corrected chi connectivity index (χ1v) is 11.4. The van der Waals surface area contributed by atoms with Crippen LogP contribution in [0.4, 0.5) is 0 Å². The van der Waals surface area contributed by atoms with Gasteiger partial charge in [-0.2, -0.15) is 0 Å². The topological polar surface area (TPSA) is 9.23 Å². The zero-order chi connectivity index (χ0) is 14.7. The minimum absolute atomic E-state index is 0.321. The number of unbranched alkanes of at least 4 members (excludes halogenated alkanes) is 1. The van der Waals surface area contributed by atoms with E-state index in [9.17, 15) is 0 Å². The van der Waals surface area contributed by atoms with Crippen molar-refractivity contribution in [3.05, 3.63) is 11.8 Å². The maximum absolute atomic E-state index is 6.43. The van der Waals surface area contributed by atoms with Crippen molar-refractivity contribution >= 4 is 8.32 Å². The Morgan fingerprint density at radius 3 is 2.32 bits per heavy atom. The summed E-state index contributed by atoms with van der Waals surface area (Å²) in [7, 11) is -1.49. The first kappa shape index (κ1) is 16.8. The van der Waals surface area contributed by atoms with Crippen LogP contribution in [0.1, 0.15) is 59.8 Å². The van der Waals surface area contributed by atoms with E-state index in [1.807, 2.05) is 0 Å². The van der Waals surface area contributed by atoms with Crippen molar-refractivity contribution in [2.45, 2.75) is 79.4 Å². The summed E-state index contributed by atoms with van der Waals surface area (Å²) in [6.45, 7) is 16.2. The summed E-state index contributed by atoms with van der Waals surface area (Å²) in [5.74, 6) is 2.68. The van der Waals surface area contributed by atoms with Gasteiger partial charge in [0.25, 0.3) is 0 Å². The molecule has 0 spiro atoms. The molecule has 0 saturated carbocycles. The Balaban J connectivity index is 2.86. The van der Waals surface area contributed by atoms with Crippen LogP contribution in [-0.2, 0) is 4.43 Å². The Bertz CT molecular complexity index is 306. The molecule has 0 amide bonds. The molecule has 0 radical (unpaired) electrons. The summed E-state index contributed by atoms with van der Waals surface area (Å²) in [5, 5.41) is 0. The van der Waals surface area contributed by atoms with E-state index >= 15 is 0 Å². The molecule has 0 aromatic heterocycles. The van der Waals surface area contributed by atoms with Gasteiger partial charge in [-0.15, -0.1) is 0 Å². The van der Waals surface area contributed by atoms with Gasteiger partial charge in [0.05, 0.1) is 5.76 Å². The van der Waals surface area contributed by atoms with Crippen LogP contribution in [-0.4, -0.2) is 8.32 Å². The normalized spacial score (nSPS) is 25.1. The van der Waals surface area contributed by atoms with Crippen LogP contribution in [0.2, 0.25) is 19.6 Å². The van der Waals surface area contributed by atoms with Crippen LogP contribution in [0.3, 0.4) is 0 Å². The van der Waals surface area contributed by atoms with Crippen LogP contribution in [0.5, 0.6) is 0 Å². The van der Waals surface area contributed by atoms with Gasteiger partial charge in [-0.05, 0) is 56.3 Å². The van der Waals surface area contributed by atoms with Crippen LogP contribution in [0.25, 0.3) is 0 Å². The summed E-state index contributed by atoms with van der Waals surface area (Å²) in [4.78, 5) is 0. The standard InChI is InChI=1S/C17H34OSi/c1-8-9-10-14-11-12-15(17(2,3)4)16(13-14)18-19(5,6)7/h13-15H,8-12H2,1-7H3/t14-,15+/m0/s1. The molecule has 112 valence electrons. The molecule has 0 unspecified atom stereocenters. The van der Waals surface area contributed by atoms with E-state index < -0.39 is 8.32 Å². The number of hydrogen-bond acceptors (Lipinski definition) is 1. The van der Waals surface area contributed by atoms with Crippen LogP contribution in [0, 0.1) is 17.3 Å². The molecule has 0 fully saturated rings. The Morgan fingerprint density at radius 1 is 1.21 bits per heavy atom. The van der Waals surface area contributed by atoms with E-state index in [0.717, 1.165) is 5.92 Å². The molecular weight excluding hydrogens is 248 g/mol. The maximum atomic E-state index is 6.43. The molecule has 0 N–H and O–H groups in total. The molecule has 19 heavy (non-hydrogen) atoms. The summed E-state index contributed by atoms with van der Waals surface area (Å²) >= 11 is 0. The molecule has 2 atom stereocenters. The zero-order valence-electron chi connectivity index (χ0n) is 14.2. The average Bonchev–Trinajstić information content (AvgIpc) is 2.22. The molecule has 0 saturated heterocycles. The fourth-order valence-corrected chi connectivity index (χ4v) is 3.88. The molecule has 1 aliphatic rings. The van der Waals surface area contributed by atoms with Gasteiger partial charge < -0.3 is 4.43 Å². The van der Waals surface area contributed by atoms with E-state index in [4.69, 9.17) is 4.43 Å². The maximum Gasteiger partial charge on any atom is 0.241 e. The van der Waals surface area contributed by atoms with Crippen LogP contribution in [0.15, 0.2) is 11.8 Å². The van der Waals surface area contributed by atoms with Gasteiger partial charge in [0, 0.05) is 5.92 Å². The predicted octanol–water partition coefficient (Wildman–Crippen LogP) is 5.98. The number of allylic oxidation sites excluding steroid dienone is 2. The Hall–Kier alpha value is -0.243. The molecule has 0 aromatic carbocycles. The second kappa shape index (κ2) is 6.47. The van der Waals surface area contributed by atoms with Gasteiger partial charge in [0.1, 0.15) is 0 Å². The molecule has 0 aliphatic heterocycles. The summed E-state index contributed by atoms with van der Waals surface area (Å²) < 4.78 is 6.43. The summed E-state index contributed by atoms with van der Waals surface area (Å²) in [6, 6.07) is 0. The quantitative estimate of drug-likeness (QED) is 0.563. The van der Waals surface area contributed by atoms with Crippen molar-refractivity contribution < 1.29 is 4.43 Å². The highest BCUT2D eigenvalue weighted by Gasteiger charge is 2.35. The third-order valence-electron chi connectivity index (χ3n) is 3.97. The van der Waals surface area contributed by atoms with Gasteiger partial charge in [-0.25, -0.2) is 0 Å². The van der Waals surface area contributed by atoms with Gasteiger partial charge in [0.15, 0.2) is 0 Å². The minimum Gasteiger partial charge on any atom is -0.547 e. The molecule has 0 bridgehead atoms. The molecule has 0 aromatic rings. The van der Waals surface area contributed by atoms with E-state index in [1.165, 1.54) is 37.9 Å². The number of rotatable bonds is 5. The first-order valence-electron chi connectivity index (χ1n) is 8.04. The van der Waals surface area contributed by atoms with Crippen molar-refractivity contribution in [2.75, 3.05) is 0 Å². The fourth-order valence-electron chi connectivity index (χ4n) is 2.97. The lowest BCUT2D eigenvalue weighted by molar-refractivity contribution is 0.171. The minimum atomic E-state index is -1.49. The molecule has 2 heteroatoms. The van der Waals surface area contributed by atoms with Crippen molar-refractivity contribution in [3.63, 3.8) is 0 Å². The van der Waals surface area contributed by atoms with E-state index in [2.05, 4.69) is 53.4 Å². The smallest absolute Gasteiger partial charge is 0.241 e. The van der Waals surface area contributed by atoms with Crippen LogP contribution >= 0.6 is 0 Å². The molecule has 0 heterocycles. The lowest BCUT2D eigenvalue weighted by Gasteiger charge is -2.39. The SMILES string of the molecule is CCCC[C@@H]1C=C(O[Si](C)(C)C)[C@H](C(C)(C)C)CC1. The van der Waals surface area contributed by atoms with E-state index in [-0.39, 0.29) is 0 Å². The molecule has 1 aliphatic carbocycles. The lowest BCUT2D eigenvalue weighted by Crippen LogP contribution is -2.34. The third-order valence-corrected chi connectivity index (χ3v) is 4.82. The van der Waals surface area contributed by atoms with Crippen molar-refractivity contribution in [1.82, 2.24) is 0 Å². The molecule has 1 nitrogen and oxygen atoms in total. The lowest BCUT2D eigenvalue weighted by atomic mass is 9.72. The van der Waals surface area contributed by atoms with Crippen molar-refractivity contribution in [3.8, 4) is 0 Å². The highest BCUT2D eigenvalue weighted by atomic mass is 28.4. The van der Waals surface area contributed by atoms with Gasteiger partial charge >= 0.3 is 0 Å². The first-order chi connectivity index (χ1) is 8.63. The van der Waals surface area contributed by atoms with Gasteiger partial charge in [0.2, 0.25) is 8.32 Å². The Kier molecular flexibility index (Phi) is 5.73. The Morgan fingerprint density at radius 2 is 1.84 bits per heavy atom. The monoisotopic (exact) mass is 282 g/mol. The zero-order valence-corrected chi connectivity index (χ0v) is 15.2. The van der Waals surface area contributed by atoms with Crippen molar-refractivity contribution in [1.29, 1.82) is 0 Å². The highest BCUT2D eigenvalue weighted by Crippen LogP contribution is 2.42. The average molecular weight is 283 g/mol. The van der Waals surface area contributed by atoms with Crippen LogP contribution < -0.4 is 0 Å². The van der Waals surface area contributed by atoms with Gasteiger partial charge in [-0.3, -0.25) is 0 Å². The van der Waals surface area contributed by atoms with E-state index in [0.29, 0.717) is 11.3 Å². The largest absolute Gasteiger partial charge is 0.547 e. The number of hydrogen-bond donors (Lipinski definition) is 0. The summed E-state index contributed by atoms with van der Waals surface area (Å²) in [6.07, 6.45) is 9.12. The molecular formula is C17H34OSi. The fraction of sp³-hybridized carbons (Fsp3) is 0.882. The Labute approximate surface area is 122 Å². The van der Waals surface area contributed by atoms with E-state index in [1.54, 1.807) is 0 Å². The summed E-state index contributed by atoms with van der Waals surface area (Å²) in [5.41, 5.74) is 0.321. The highest BCUT2D eigenvalue weighted by molar-refractivity contribution is 6.70. The predicted molar refractivity (Wildman–Crippen MR) is 87.7 cm³/mol. The van der Waals surface area contributed by atoms with Gasteiger partial charge in [-0.1, -0.05) is 40.5 Å². The molecule has 1 rings (SSSR count).